The Morgan fingerprint density at radius 1 is 1.32 bits per heavy atom. The van der Waals surface area contributed by atoms with Gasteiger partial charge in [0.2, 0.25) is 0 Å². The highest BCUT2D eigenvalue weighted by molar-refractivity contribution is 6.32. The van der Waals surface area contributed by atoms with Gasteiger partial charge in [0.25, 0.3) is 5.69 Å². The topological polar surface area (TPSA) is 55.2 Å². The molecule has 0 spiro atoms. The molecule has 0 bridgehead atoms. The Hall–Kier alpha value is -1.13. The van der Waals surface area contributed by atoms with Crippen LogP contribution < -0.4 is 5.32 Å². The zero-order valence-electron chi connectivity index (χ0n) is 11.6. The molecule has 0 heterocycles. The zero-order valence-corrected chi connectivity index (χ0v) is 12.4. The van der Waals surface area contributed by atoms with Crippen LogP contribution >= 0.6 is 11.6 Å². The van der Waals surface area contributed by atoms with Gasteiger partial charge in [-0.15, -0.1) is 0 Å². The maximum atomic E-state index is 10.8. The molecule has 1 aromatic rings. The Labute approximate surface area is 119 Å². The first kappa shape index (κ1) is 15.9. The number of nitro groups is 1. The van der Waals surface area contributed by atoms with Gasteiger partial charge in [0.1, 0.15) is 5.02 Å². The van der Waals surface area contributed by atoms with Crippen molar-refractivity contribution in [2.75, 3.05) is 0 Å². The molecule has 4 nitrogen and oxygen atoms in total. The summed E-state index contributed by atoms with van der Waals surface area (Å²) in [5.74, 6) is 0.695. The fourth-order valence-electron chi connectivity index (χ4n) is 1.79. The number of rotatable bonds is 7. The normalized spacial score (nSPS) is 12.7. The predicted molar refractivity (Wildman–Crippen MR) is 78.5 cm³/mol. The highest BCUT2D eigenvalue weighted by Gasteiger charge is 2.13. The first-order chi connectivity index (χ1) is 8.90. The van der Waals surface area contributed by atoms with Crippen LogP contribution in [0.15, 0.2) is 18.2 Å². The fraction of sp³-hybridized carbons (Fsp3) is 0.571. The van der Waals surface area contributed by atoms with E-state index in [-0.39, 0.29) is 10.7 Å². The molecule has 0 saturated heterocycles. The highest BCUT2D eigenvalue weighted by atomic mass is 35.5. The Kier molecular flexibility index (Phi) is 6.25. The van der Waals surface area contributed by atoms with Crippen molar-refractivity contribution in [2.24, 2.45) is 5.92 Å². The fourth-order valence-corrected chi connectivity index (χ4v) is 1.97. The van der Waals surface area contributed by atoms with Gasteiger partial charge in [0.05, 0.1) is 4.92 Å². The Balaban J connectivity index is 2.54. The summed E-state index contributed by atoms with van der Waals surface area (Å²) in [6.07, 6.45) is 2.28. The van der Waals surface area contributed by atoms with Gasteiger partial charge in [0, 0.05) is 18.7 Å². The molecule has 5 heteroatoms. The first-order valence-corrected chi connectivity index (χ1v) is 6.94. The second-order valence-electron chi connectivity index (χ2n) is 5.30. The SMILES string of the molecule is CC(C)CCC(C)NCc1ccc(Cl)c([N+](=O)[O-])c1. The molecule has 0 radical (unpaired) electrons. The van der Waals surface area contributed by atoms with Crippen molar-refractivity contribution in [1.82, 2.24) is 5.32 Å². The van der Waals surface area contributed by atoms with Crippen LogP contribution in [0.4, 0.5) is 5.69 Å². The second-order valence-corrected chi connectivity index (χ2v) is 5.70. The molecule has 1 aromatic carbocycles. The van der Waals surface area contributed by atoms with Crippen LogP contribution in [0.25, 0.3) is 0 Å². The van der Waals surface area contributed by atoms with Gasteiger partial charge in [0.15, 0.2) is 0 Å². The summed E-state index contributed by atoms with van der Waals surface area (Å²) < 4.78 is 0. The van der Waals surface area contributed by atoms with E-state index < -0.39 is 4.92 Å². The third-order valence-corrected chi connectivity index (χ3v) is 3.36. The third-order valence-electron chi connectivity index (χ3n) is 3.04. The molecule has 0 aliphatic rings. The molecule has 0 amide bonds. The van der Waals surface area contributed by atoms with Gasteiger partial charge in [-0.25, -0.2) is 0 Å². The Morgan fingerprint density at radius 3 is 2.58 bits per heavy atom. The summed E-state index contributed by atoms with van der Waals surface area (Å²) in [6.45, 7) is 7.16. The maximum absolute atomic E-state index is 10.8. The molecule has 0 fully saturated rings. The minimum atomic E-state index is -0.450. The molecule has 0 aromatic heterocycles. The predicted octanol–water partition coefficient (Wildman–Crippen LogP) is 4.16. The molecule has 0 aliphatic heterocycles. The molecule has 0 saturated carbocycles. The summed E-state index contributed by atoms with van der Waals surface area (Å²) >= 11 is 5.78. The maximum Gasteiger partial charge on any atom is 0.288 e. The van der Waals surface area contributed by atoms with Crippen LogP contribution in [0.1, 0.15) is 39.2 Å². The van der Waals surface area contributed by atoms with Gasteiger partial charge in [-0.3, -0.25) is 10.1 Å². The van der Waals surface area contributed by atoms with E-state index in [1.807, 2.05) is 6.07 Å². The minimum Gasteiger partial charge on any atom is -0.310 e. The van der Waals surface area contributed by atoms with Crippen LogP contribution in [0, 0.1) is 16.0 Å². The van der Waals surface area contributed by atoms with Crippen LogP contribution in [-0.2, 0) is 6.54 Å². The van der Waals surface area contributed by atoms with Gasteiger partial charge in [-0.05, 0) is 37.3 Å². The lowest BCUT2D eigenvalue weighted by Gasteiger charge is -2.15. The van der Waals surface area contributed by atoms with E-state index in [1.165, 1.54) is 12.5 Å². The molecule has 1 atom stereocenters. The second kappa shape index (κ2) is 7.46. The van der Waals surface area contributed by atoms with Crippen molar-refractivity contribution in [3.63, 3.8) is 0 Å². The largest absolute Gasteiger partial charge is 0.310 e. The number of benzene rings is 1. The average molecular weight is 285 g/mol. The number of nitrogens with zero attached hydrogens (tertiary/aromatic N) is 1. The van der Waals surface area contributed by atoms with E-state index >= 15 is 0 Å². The monoisotopic (exact) mass is 284 g/mol. The lowest BCUT2D eigenvalue weighted by Crippen LogP contribution is -2.25. The quantitative estimate of drug-likeness (QED) is 0.604. The van der Waals surface area contributed by atoms with E-state index in [0.717, 1.165) is 12.0 Å². The summed E-state index contributed by atoms with van der Waals surface area (Å²) in [7, 11) is 0. The van der Waals surface area contributed by atoms with E-state index in [2.05, 4.69) is 26.1 Å². The van der Waals surface area contributed by atoms with E-state index in [0.29, 0.717) is 18.5 Å². The van der Waals surface area contributed by atoms with E-state index in [1.54, 1.807) is 6.07 Å². The lowest BCUT2D eigenvalue weighted by molar-refractivity contribution is -0.384. The molecule has 1 unspecified atom stereocenters. The highest BCUT2D eigenvalue weighted by Crippen LogP contribution is 2.25. The molecular weight excluding hydrogens is 264 g/mol. The lowest BCUT2D eigenvalue weighted by atomic mass is 10.0. The Morgan fingerprint density at radius 2 is 2.00 bits per heavy atom. The molecule has 1 N–H and O–H groups in total. The number of hydrogen-bond donors (Lipinski definition) is 1. The third kappa shape index (κ3) is 5.57. The number of nitro benzene ring substituents is 1. The summed E-state index contributed by atoms with van der Waals surface area (Å²) in [4.78, 5) is 10.3. The van der Waals surface area contributed by atoms with Crippen molar-refractivity contribution in [1.29, 1.82) is 0 Å². The zero-order chi connectivity index (χ0) is 14.4. The van der Waals surface area contributed by atoms with Crippen molar-refractivity contribution < 1.29 is 4.92 Å². The van der Waals surface area contributed by atoms with Gasteiger partial charge < -0.3 is 5.32 Å². The van der Waals surface area contributed by atoms with Gasteiger partial charge >= 0.3 is 0 Å². The van der Waals surface area contributed by atoms with Gasteiger partial charge in [-0.2, -0.15) is 0 Å². The number of hydrogen-bond acceptors (Lipinski definition) is 3. The van der Waals surface area contributed by atoms with Crippen molar-refractivity contribution >= 4 is 17.3 Å². The molecule has 19 heavy (non-hydrogen) atoms. The first-order valence-electron chi connectivity index (χ1n) is 6.56. The van der Waals surface area contributed by atoms with Crippen LogP contribution in [0.2, 0.25) is 5.02 Å². The average Bonchev–Trinajstić information content (AvgIpc) is 2.35. The standard InChI is InChI=1S/C14H21ClN2O2/c1-10(2)4-5-11(3)16-9-12-6-7-13(15)14(8-12)17(18)19/h6-8,10-11,16H,4-5,9H2,1-3H3. The van der Waals surface area contributed by atoms with E-state index in [4.69, 9.17) is 11.6 Å². The smallest absolute Gasteiger partial charge is 0.288 e. The number of halogens is 1. The van der Waals surface area contributed by atoms with E-state index in [9.17, 15) is 10.1 Å². The Bertz CT molecular complexity index is 435. The molecular formula is C14H21ClN2O2. The van der Waals surface area contributed by atoms with Crippen molar-refractivity contribution in [3.05, 3.63) is 38.9 Å². The van der Waals surface area contributed by atoms with Gasteiger partial charge in [-0.1, -0.05) is 31.5 Å². The van der Waals surface area contributed by atoms with Crippen molar-refractivity contribution in [3.8, 4) is 0 Å². The van der Waals surface area contributed by atoms with Crippen LogP contribution in [-0.4, -0.2) is 11.0 Å². The molecule has 0 aliphatic carbocycles. The minimum absolute atomic E-state index is 0.0317. The van der Waals surface area contributed by atoms with Crippen LogP contribution in [0.3, 0.4) is 0 Å². The summed E-state index contributed by atoms with van der Waals surface area (Å²) in [5, 5.41) is 14.3. The molecule has 1 rings (SSSR count). The van der Waals surface area contributed by atoms with Crippen molar-refractivity contribution in [2.45, 2.75) is 46.2 Å². The molecule has 106 valence electrons. The number of nitrogens with one attached hydrogen (secondary N) is 1. The summed E-state index contributed by atoms with van der Waals surface area (Å²) in [6, 6.07) is 5.33. The van der Waals surface area contributed by atoms with Crippen LogP contribution in [0.5, 0.6) is 0 Å². The summed E-state index contributed by atoms with van der Waals surface area (Å²) in [5.41, 5.74) is 0.850.